The van der Waals surface area contributed by atoms with Gasteiger partial charge in [0, 0.05) is 17.7 Å². The highest BCUT2D eigenvalue weighted by molar-refractivity contribution is 5.90. The molecule has 154 valence electrons. The van der Waals surface area contributed by atoms with Crippen molar-refractivity contribution in [1.29, 1.82) is 0 Å². The summed E-state index contributed by atoms with van der Waals surface area (Å²) in [6.07, 6.45) is 5.28. The second kappa shape index (κ2) is 10.2. The maximum absolute atomic E-state index is 12.4. The fraction of sp³-hybridized carbons (Fsp3) is 0.545. The van der Waals surface area contributed by atoms with E-state index in [2.05, 4.69) is 19.2 Å². The number of amides is 1. The lowest BCUT2D eigenvalue weighted by atomic mass is 9.78. The van der Waals surface area contributed by atoms with Crippen molar-refractivity contribution in [1.82, 2.24) is 5.32 Å². The third-order valence-corrected chi connectivity index (χ3v) is 5.53. The van der Waals surface area contributed by atoms with Gasteiger partial charge < -0.3 is 19.5 Å². The molecule has 1 aromatic rings. The van der Waals surface area contributed by atoms with Crippen LogP contribution in [0.4, 0.5) is 0 Å². The molecule has 1 saturated carbocycles. The van der Waals surface area contributed by atoms with E-state index in [9.17, 15) is 9.59 Å². The van der Waals surface area contributed by atoms with Crippen LogP contribution >= 0.6 is 0 Å². The molecule has 0 aromatic heterocycles. The maximum Gasteiger partial charge on any atom is 0.331 e. The van der Waals surface area contributed by atoms with E-state index in [0.717, 1.165) is 12.8 Å². The maximum atomic E-state index is 12.4. The number of nitrogens with one attached hydrogen (secondary N) is 1. The van der Waals surface area contributed by atoms with Crippen LogP contribution in [-0.4, -0.2) is 38.2 Å². The van der Waals surface area contributed by atoms with Gasteiger partial charge in [0.2, 0.25) is 0 Å². The van der Waals surface area contributed by atoms with Gasteiger partial charge in [0.1, 0.15) is 11.5 Å². The Labute approximate surface area is 167 Å². The number of hydrogen-bond donors (Lipinski definition) is 1. The quantitative estimate of drug-likeness (QED) is 0.570. The first-order valence-corrected chi connectivity index (χ1v) is 9.76. The van der Waals surface area contributed by atoms with Crippen molar-refractivity contribution < 1.29 is 23.8 Å². The molecule has 0 unspecified atom stereocenters. The summed E-state index contributed by atoms with van der Waals surface area (Å²) in [5.74, 6) is 1.41. The Kier molecular flexibility index (Phi) is 7.91. The summed E-state index contributed by atoms with van der Waals surface area (Å²) >= 11 is 0. The molecule has 1 aliphatic rings. The Balaban J connectivity index is 1.93. The molecule has 28 heavy (non-hydrogen) atoms. The van der Waals surface area contributed by atoms with Crippen LogP contribution in [0.5, 0.6) is 11.5 Å². The van der Waals surface area contributed by atoms with E-state index in [0.29, 0.717) is 28.9 Å². The van der Waals surface area contributed by atoms with Gasteiger partial charge in [0.05, 0.1) is 14.2 Å². The fourth-order valence-electron chi connectivity index (χ4n) is 3.48. The number of rotatable bonds is 7. The Morgan fingerprint density at radius 3 is 2.61 bits per heavy atom. The number of methoxy groups -OCH3 is 2. The molecule has 2 rings (SSSR count). The molecule has 0 bridgehead atoms. The molecule has 0 spiro atoms. The zero-order valence-electron chi connectivity index (χ0n) is 17.4. The van der Waals surface area contributed by atoms with Crippen LogP contribution in [0.1, 0.15) is 45.6 Å². The zero-order valence-corrected chi connectivity index (χ0v) is 17.4. The van der Waals surface area contributed by atoms with E-state index >= 15 is 0 Å². The summed E-state index contributed by atoms with van der Waals surface area (Å²) in [5, 5.41) is 3.03. The number of ether oxygens (including phenoxy) is 3. The zero-order chi connectivity index (χ0) is 20.7. The van der Waals surface area contributed by atoms with Crippen molar-refractivity contribution in [2.45, 2.75) is 52.2 Å². The molecular weight excluding hydrogens is 358 g/mol. The standard InChI is InChI=1S/C22H31NO5/c1-14-7-6-8-19(15(14)2)23-22(25)16(3)28-21(24)12-9-17-13-18(26-4)10-11-20(17)27-5/h9-16,19H,6-8H2,1-5H3,(H,23,25)/b12-9+/t14-,15+,16+,19-/m0/s1. The lowest BCUT2D eigenvalue weighted by Gasteiger charge is -2.35. The van der Waals surface area contributed by atoms with E-state index in [1.54, 1.807) is 45.4 Å². The highest BCUT2D eigenvalue weighted by Crippen LogP contribution is 2.29. The molecule has 1 N–H and O–H groups in total. The smallest absolute Gasteiger partial charge is 0.331 e. The normalized spacial score (nSPS) is 23.1. The van der Waals surface area contributed by atoms with Crippen LogP contribution in [0.15, 0.2) is 24.3 Å². The first-order chi connectivity index (χ1) is 13.3. The first-order valence-electron chi connectivity index (χ1n) is 9.76. The van der Waals surface area contributed by atoms with Gasteiger partial charge in [-0.1, -0.05) is 26.7 Å². The average molecular weight is 389 g/mol. The summed E-state index contributed by atoms with van der Waals surface area (Å²) < 4.78 is 15.7. The highest BCUT2D eigenvalue weighted by Gasteiger charge is 2.29. The van der Waals surface area contributed by atoms with Crippen LogP contribution < -0.4 is 14.8 Å². The number of carbonyl (C=O) groups excluding carboxylic acids is 2. The lowest BCUT2D eigenvalue weighted by molar-refractivity contribution is -0.150. The SMILES string of the molecule is COc1ccc(OC)c(/C=C/C(=O)O[C@H](C)C(=O)N[C@H]2CCC[C@H](C)[C@H]2C)c1. The molecule has 0 heterocycles. The molecule has 1 aromatic carbocycles. The van der Waals surface area contributed by atoms with E-state index in [1.807, 2.05) is 0 Å². The molecule has 1 fully saturated rings. The summed E-state index contributed by atoms with van der Waals surface area (Å²) in [7, 11) is 3.12. The predicted octanol–water partition coefficient (Wildman–Crippen LogP) is 3.59. The van der Waals surface area contributed by atoms with E-state index in [4.69, 9.17) is 14.2 Å². The molecule has 0 aliphatic heterocycles. The fourth-order valence-corrected chi connectivity index (χ4v) is 3.48. The highest BCUT2D eigenvalue weighted by atomic mass is 16.5. The van der Waals surface area contributed by atoms with Crippen molar-refractivity contribution in [3.05, 3.63) is 29.8 Å². The number of hydrogen-bond acceptors (Lipinski definition) is 5. The average Bonchev–Trinajstić information content (AvgIpc) is 2.69. The van der Waals surface area contributed by atoms with Crippen molar-refractivity contribution in [2.24, 2.45) is 11.8 Å². The van der Waals surface area contributed by atoms with Gasteiger partial charge in [0.15, 0.2) is 6.10 Å². The molecule has 0 saturated heterocycles. The lowest BCUT2D eigenvalue weighted by Crippen LogP contribution is -2.47. The Hall–Kier alpha value is -2.50. The van der Waals surface area contributed by atoms with Crippen molar-refractivity contribution in [3.8, 4) is 11.5 Å². The minimum absolute atomic E-state index is 0.133. The Bertz CT molecular complexity index is 715. The molecule has 0 radical (unpaired) electrons. The van der Waals surface area contributed by atoms with Crippen molar-refractivity contribution >= 4 is 18.0 Å². The van der Waals surface area contributed by atoms with Crippen LogP contribution in [0, 0.1) is 11.8 Å². The van der Waals surface area contributed by atoms with Crippen molar-refractivity contribution in [3.63, 3.8) is 0 Å². The van der Waals surface area contributed by atoms with Crippen molar-refractivity contribution in [2.75, 3.05) is 14.2 Å². The number of benzene rings is 1. The van der Waals surface area contributed by atoms with E-state index < -0.39 is 12.1 Å². The molecule has 6 nitrogen and oxygen atoms in total. The minimum Gasteiger partial charge on any atom is -0.497 e. The van der Waals surface area contributed by atoms with Crippen LogP contribution in [0.2, 0.25) is 0 Å². The number of carbonyl (C=O) groups is 2. The van der Waals surface area contributed by atoms with E-state index in [1.165, 1.54) is 12.5 Å². The molecular formula is C22H31NO5. The Morgan fingerprint density at radius 2 is 1.93 bits per heavy atom. The monoisotopic (exact) mass is 389 g/mol. The first kappa shape index (κ1) is 21.8. The molecule has 1 amide bonds. The Morgan fingerprint density at radius 1 is 1.18 bits per heavy atom. The molecule has 4 atom stereocenters. The third kappa shape index (κ3) is 5.75. The van der Waals surface area contributed by atoms with Gasteiger partial charge in [-0.05, 0) is 49.5 Å². The van der Waals surface area contributed by atoms with Gasteiger partial charge in [-0.3, -0.25) is 4.79 Å². The largest absolute Gasteiger partial charge is 0.497 e. The van der Waals surface area contributed by atoms with Gasteiger partial charge in [0.25, 0.3) is 5.91 Å². The summed E-state index contributed by atoms with van der Waals surface area (Å²) in [6, 6.07) is 5.42. The number of esters is 1. The topological polar surface area (TPSA) is 73.9 Å². The van der Waals surface area contributed by atoms with Crippen LogP contribution in [-0.2, 0) is 14.3 Å². The predicted molar refractivity (Wildman–Crippen MR) is 108 cm³/mol. The van der Waals surface area contributed by atoms with Gasteiger partial charge in [-0.2, -0.15) is 0 Å². The van der Waals surface area contributed by atoms with Crippen LogP contribution in [0.25, 0.3) is 6.08 Å². The second-order valence-electron chi connectivity index (χ2n) is 7.40. The van der Waals surface area contributed by atoms with Gasteiger partial charge >= 0.3 is 5.97 Å². The second-order valence-corrected chi connectivity index (χ2v) is 7.40. The third-order valence-electron chi connectivity index (χ3n) is 5.53. The summed E-state index contributed by atoms with van der Waals surface area (Å²) in [4.78, 5) is 24.5. The molecule has 1 aliphatic carbocycles. The van der Waals surface area contributed by atoms with Gasteiger partial charge in [-0.25, -0.2) is 4.79 Å². The minimum atomic E-state index is -0.853. The van der Waals surface area contributed by atoms with Gasteiger partial charge in [-0.15, -0.1) is 0 Å². The van der Waals surface area contributed by atoms with E-state index in [-0.39, 0.29) is 11.9 Å². The molecule has 6 heteroatoms. The summed E-state index contributed by atoms with van der Waals surface area (Å²) in [6.45, 7) is 5.96. The summed E-state index contributed by atoms with van der Waals surface area (Å²) in [5.41, 5.74) is 0.681. The van der Waals surface area contributed by atoms with Crippen LogP contribution in [0.3, 0.4) is 0 Å².